The molecule has 1 N–H and O–H groups in total. The first-order valence-corrected chi connectivity index (χ1v) is 8.94. The molecule has 0 aliphatic heterocycles. The summed E-state index contributed by atoms with van der Waals surface area (Å²) in [6.45, 7) is 24.3. The fraction of sp³-hybridized carbons (Fsp3) is 0.682. The Balaban J connectivity index is 3.64. The van der Waals surface area contributed by atoms with Gasteiger partial charge in [-0.15, -0.1) is 0 Å². The molecule has 1 aromatic carbocycles. The van der Waals surface area contributed by atoms with Crippen LogP contribution in [0.3, 0.4) is 0 Å². The second-order valence-electron chi connectivity index (χ2n) is 10.2. The summed E-state index contributed by atoms with van der Waals surface area (Å²) in [7, 11) is 0. The molecule has 0 spiro atoms. The number of nitrogens with one attached hydrogen (secondary N) is 1. The van der Waals surface area contributed by atoms with E-state index in [-0.39, 0.29) is 27.6 Å². The van der Waals surface area contributed by atoms with Crippen molar-refractivity contribution in [1.82, 2.24) is 0 Å². The van der Waals surface area contributed by atoms with Crippen LogP contribution in [0, 0.1) is 10.8 Å². The number of amides is 1. The van der Waals surface area contributed by atoms with Crippen LogP contribution in [-0.4, -0.2) is 5.91 Å². The lowest BCUT2D eigenvalue weighted by Gasteiger charge is -2.43. The molecule has 0 fully saturated rings. The zero-order valence-electron chi connectivity index (χ0n) is 17.6. The Hall–Kier alpha value is -1.31. The largest absolute Gasteiger partial charge is 0.326 e. The van der Waals surface area contributed by atoms with Crippen molar-refractivity contribution in [3.05, 3.63) is 29.3 Å². The van der Waals surface area contributed by atoms with E-state index in [1.807, 2.05) is 0 Å². The van der Waals surface area contributed by atoms with Crippen LogP contribution in [0.15, 0.2) is 18.2 Å². The van der Waals surface area contributed by atoms with Crippen LogP contribution in [0.2, 0.25) is 0 Å². The first-order chi connectivity index (χ1) is 10.5. The van der Waals surface area contributed by atoms with Gasteiger partial charge in [0.15, 0.2) is 0 Å². The second kappa shape index (κ2) is 6.20. The van der Waals surface area contributed by atoms with Crippen LogP contribution in [0.25, 0.3) is 0 Å². The average molecular weight is 332 g/mol. The van der Waals surface area contributed by atoms with Crippen LogP contribution >= 0.6 is 0 Å². The summed E-state index contributed by atoms with van der Waals surface area (Å²) in [5.74, 6) is -0.0243. The van der Waals surface area contributed by atoms with E-state index in [1.54, 1.807) is 6.92 Å². The molecule has 24 heavy (non-hydrogen) atoms. The predicted molar refractivity (Wildman–Crippen MR) is 106 cm³/mol. The van der Waals surface area contributed by atoms with E-state index in [1.165, 1.54) is 11.1 Å². The highest BCUT2D eigenvalue weighted by atomic mass is 16.1. The normalized spacial score (nSPS) is 13.8. The van der Waals surface area contributed by atoms with Gasteiger partial charge < -0.3 is 5.32 Å². The van der Waals surface area contributed by atoms with Crippen LogP contribution in [-0.2, 0) is 15.6 Å². The lowest BCUT2D eigenvalue weighted by molar-refractivity contribution is -0.114. The van der Waals surface area contributed by atoms with Crippen molar-refractivity contribution in [3.63, 3.8) is 0 Å². The fourth-order valence-corrected chi connectivity index (χ4v) is 2.59. The quantitative estimate of drug-likeness (QED) is 0.692. The third-order valence-electron chi connectivity index (χ3n) is 6.48. The minimum Gasteiger partial charge on any atom is -0.326 e. The Bertz CT molecular complexity index is 610. The number of carbonyl (C=O) groups is 1. The van der Waals surface area contributed by atoms with E-state index in [0.717, 1.165) is 5.69 Å². The van der Waals surface area contributed by atoms with Crippen LogP contribution in [0.4, 0.5) is 5.69 Å². The van der Waals surface area contributed by atoms with Crippen molar-refractivity contribution >= 4 is 11.6 Å². The summed E-state index contributed by atoms with van der Waals surface area (Å²) in [5, 5.41) is 3.03. The molecule has 2 heteroatoms. The van der Waals surface area contributed by atoms with Crippen molar-refractivity contribution < 1.29 is 4.79 Å². The van der Waals surface area contributed by atoms with Gasteiger partial charge in [0.1, 0.15) is 0 Å². The number of rotatable bonds is 3. The fourth-order valence-electron chi connectivity index (χ4n) is 2.59. The zero-order chi connectivity index (χ0) is 19.1. The maximum absolute atomic E-state index is 11.7. The highest BCUT2D eigenvalue weighted by molar-refractivity contribution is 5.90. The van der Waals surface area contributed by atoms with Crippen molar-refractivity contribution in [2.75, 3.05) is 5.32 Å². The monoisotopic (exact) mass is 331 g/mol. The SMILES string of the molecule is CC(=O)Nc1ccc(C(C)(C)C(C)(C)C)cc1C(C)(C)C(C)(C)C. The molecule has 1 amide bonds. The topological polar surface area (TPSA) is 29.1 Å². The molecule has 136 valence electrons. The molecule has 1 aromatic rings. The molecule has 0 aromatic heterocycles. The van der Waals surface area contributed by atoms with Gasteiger partial charge in [0.2, 0.25) is 5.91 Å². The van der Waals surface area contributed by atoms with Crippen LogP contribution in [0.5, 0.6) is 0 Å². The lowest BCUT2D eigenvalue weighted by atomic mass is 9.62. The molecular formula is C22H37NO. The van der Waals surface area contributed by atoms with Crippen LogP contribution < -0.4 is 5.32 Å². The third kappa shape index (κ3) is 3.84. The summed E-state index contributed by atoms with van der Waals surface area (Å²) in [6, 6.07) is 6.55. The van der Waals surface area contributed by atoms with Gasteiger partial charge in [-0.3, -0.25) is 4.79 Å². The molecule has 0 bridgehead atoms. The first-order valence-electron chi connectivity index (χ1n) is 8.94. The maximum Gasteiger partial charge on any atom is 0.221 e. The number of hydrogen-bond acceptors (Lipinski definition) is 1. The van der Waals surface area contributed by atoms with Gasteiger partial charge in [0.25, 0.3) is 0 Å². The van der Waals surface area contributed by atoms with Crippen molar-refractivity contribution in [2.45, 2.75) is 87.0 Å². The average Bonchev–Trinajstić information content (AvgIpc) is 2.35. The molecule has 1 rings (SSSR count). The molecule has 0 saturated carbocycles. The standard InChI is InChI=1S/C22H37NO/c1-15(24)23-18-13-12-16(21(8,9)19(2,3)4)14-17(18)22(10,11)20(5,6)7/h12-14H,1-11H3,(H,23,24). The molecule has 0 aliphatic carbocycles. The molecule has 0 heterocycles. The minimum atomic E-state index is -0.0746. The summed E-state index contributed by atoms with van der Waals surface area (Å²) >= 11 is 0. The lowest BCUT2D eigenvalue weighted by Crippen LogP contribution is -2.37. The summed E-state index contributed by atoms with van der Waals surface area (Å²) in [5.41, 5.74) is 3.63. The van der Waals surface area contributed by atoms with Gasteiger partial charge in [-0.1, -0.05) is 81.4 Å². The molecule has 0 unspecified atom stereocenters. The number of carbonyl (C=O) groups excluding carboxylic acids is 1. The van der Waals surface area contributed by atoms with E-state index in [0.29, 0.717) is 0 Å². The molecule has 0 aliphatic rings. The van der Waals surface area contributed by atoms with Crippen molar-refractivity contribution in [2.24, 2.45) is 10.8 Å². The van der Waals surface area contributed by atoms with E-state index < -0.39 is 0 Å². The Kier molecular flexibility index (Phi) is 5.36. The highest BCUT2D eigenvalue weighted by Crippen LogP contribution is 2.47. The predicted octanol–water partition coefficient (Wildman–Crippen LogP) is 6.29. The Morgan fingerprint density at radius 1 is 0.792 bits per heavy atom. The van der Waals surface area contributed by atoms with Gasteiger partial charge in [0, 0.05) is 12.6 Å². The zero-order valence-corrected chi connectivity index (χ0v) is 17.6. The molecule has 0 atom stereocenters. The van der Waals surface area contributed by atoms with E-state index in [2.05, 4.69) is 92.8 Å². The molecule has 0 radical (unpaired) electrons. The minimum absolute atomic E-state index is 0.0243. The second-order valence-corrected chi connectivity index (χ2v) is 10.2. The Morgan fingerprint density at radius 2 is 1.25 bits per heavy atom. The van der Waals surface area contributed by atoms with Crippen molar-refractivity contribution in [1.29, 1.82) is 0 Å². The van der Waals surface area contributed by atoms with E-state index in [9.17, 15) is 4.79 Å². The van der Waals surface area contributed by atoms with Gasteiger partial charge in [0.05, 0.1) is 0 Å². The van der Waals surface area contributed by atoms with Crippen LogP contribution in [0.1, 0.15) is 87.3 Å². The van der Waals surface area contributed by atoms with Crippen molar-refractivity contribution in [3.8, 4) is 0 Å². The number of benzene rings is 1. The van der Waals surface area contributed by atoms with E-state index >= 15 is 0 Å². The summed E-state index contributed by atoms with van der Waals surface area (Å²) in [6.07, 6.45) is 0. The molecule has 2 nitrogen and oxygen atoms in total. The number of anilines is 1. The summed E-state index contributed by atoms with van der Waals surface area (Å²) < 4.78 is 0. The number of hydrogen-bond donors (Lipinski definition) is 1. The Labute approximate surface area is 149 Å². The Morgan fingerprint density at radius 3 is 1.62 bits per heavy atom. The van der Waals surface area contributed by atoms with Gasteiger partial charge in [-0.25, -0.2) is 0 Å². The summed E-state index contributed by atoms with van der Waals surface area (Å²) in [4.78, 5) is 11.7. The molecule has 0 saturated heterocycles. The highest BCUT2D eigenvalue weighted by Gasteiger charge is 2.39. The van der Waals surface area contributed by atoms with Gasteiger partial charge in [-0.05, 0) is 38.9 Å². The van der Waals surface area contributed by atoms with Gasteiger partial charge in [-0.2, -0.15) is 0 Å². The maximum atomic E-state index is 11.7. The van der Waals surface area contributed by atoms with E-state index in [4.69, 9.17) is 0 Å². The molecular weight excluding hydrogens is 294 g/mol. The van der Waals surface area contributed by atoms with Gasteiger partial charge >= 0.3 is 0 Å². The third-order valence-corrected chi connectivity index (χ3v) is 6.48. The smallest absolute Gasteiger partial charge is 0.221 e. The first kappa shape index (κ1) is 20.7.